The van der Waals surface area contributed by atoms with Crippen LogP contribution in [-0.4, -0.2) is 62.6 Å². The predicted molar refractivity (Wildman–Crippen MR) is 91.6 cm³/mol. The van der Waals surface area contributed by atoms with Crippen LogP contribution < -0.4 is 10.6 Å². The third kappa shape index (κ3) is 3.65. The average molecular weight is 374 g/mol. The molecular weight excluding hydrogens is 350 g/mol. The van der Waals surface area contributed by atoms with Crippen LogP contribution in [0.1, 0.15) is 28.9 Å². The van der Waals surface area contributed by atoms with Gasteiger partial charge in [-0.05, 0) is 24.3 Å². The van der Waals surface area contributed by atoms with E-state index in [2.05, 4.69) is 10.6 Å². The molecule has 2 atom stereocenters. The number of sulfonamides is 1. The summed E-state index contributed by atoms with van der Waals surface area (Å²) in [6.07, 6.45) is 2.28. The molecule has 0 saturated carbocycles. The maximum atomic E-state index is 12.8. The number of carbonyl (C=O) groups is 1. The number of amides is 1. The molecular formula is C15H23N3O4S2. The lowest BCUT2D eigenvalue weighted by molar-refractivity contribution is 0.0928. The second-order valence-corrected chi connectivity index (χ2v) is 9.10. The zero-order valence-corrected chi connectivity index (χ0v) is 15.0. The summed E-state index contributed by atoms with van der Waals surface area (Å²) in [5, 5.41) is 17.2. The molecule has 24 heavy (non-hydrogen) atoms. The Morgan fingerprint density at radius 2 is 2.08 bits per heavy atom. The van der Waals surface area contributed by atoms with Crippen LogP contribution in [0.25, 0.3) is 0 Å². The maximum Gasteiger partial charge on any atom is 0.262 e. The number of rotatable bonds is 5. The van der Waals surface area contributed by atoms with Gasteiger partial charge in [0.05, 0.1) is 6.10 Å². The van der Waals surface area contributed by atoms with Gasteiger partial charge in [-0.2, -0.15) is 4.31 Å². The van der Waals surface area contributed by atoms with Crippen molar-refractivity contribution in [2.45, 2.75) is 30.3 Å². The van der Waals surface area contributed by atoms with E-state index in [0.717, 1.165) is 30.6 Å². The molecule has 1 aromatic rings. The van der Waals surface area contributed by atoms with Gasteiger partial charge in [0, 0.05) is 38.6 Å². The van der Waals surface area contributed by atoms with Gasteiger partial charge in [-0.1, -0.05) is 6.42 Å². The van der Waals surface area contributed by atoms with E-state index < -0.39 is 16.1 Å². The molecule has 0 aliphatic carbocycles. The minimum Gasteiger partial charge on any atom is -0.391 e. The molecule has 2 saturated heterocycles. The van der Waals surface area contributed by atoms with Crippen LogP contribution in [0, 0.1) is 5.92 Å². The van der Waals surface area contributed by atoms with Crippen molar-refractivity contribution in [1.29, 1.82) is 0 Å². The molecule has 9 heteroatoms. The van der Waals surface area contributed by atoms with Gasteiger partial charge in [0.2, 0.25) is 10.0 Å². The lowest BCUT2D eigenvalue weighted by Crippen LogP contribution is -2.37. The summed E-state index contributed by atoms with van der Waals surface area (Å²) >= 11 is 1.14. The largest absolute Gasteiger partial charge is 0.391 e. The van der Waals surface area contributed by atoms with E-state index in [4.69, 9.17) is 0 Å². The number of thiophene rings is 1. The fourth-order valence-corrected chi connectivity index (χ4v) is 5.98. The number of aliphatic hydroxyl groups excluding tert-OH is 1. The topological polar surface area (TPSA) is 98.7 Å². The number of aliphatic hydroxyl groups is 1. The Morgan fingerprint density at radius 1 is 1.33 bits per heavy atom. The second-order valence-electron chi connectivity index (χ2n) is 6.27. The fraction of sp³-hybridized carbons (Fsp3) is 0.667. The first-order valence-electron chi connectivity index (χ1n) is 8.25. The number of piperidine rings is 1. The Balaban J connectivity index is 1.71. The van der Waals surface area contributed by atoms with Crippen molar-refractivity contribution in [2.75, 3.05) is 32.7 Å². The van der Waals surface area contributed by atoms with E-state index in [0.29, 0.717) is 32.7 Å². The van der Waals surface area contributed by atoms with E-state index in [9.17, 15) is 18.3 Å². The van der Waals surface area contributed by atoms with Gasteiger partial charge < -0.3 is 15.7 Å². The van der Waals surface area contributed by atoms with Crippen molar-refractivity contribution in [3.63, 3.8) is 0 Å². The minimum atomic E-state index is -3.62. The summed E-state index contributed by atoms with van der Waals surface area (Å²) in [7, 11) is -3.62. The molecule has 2 unspecified atom stereocenters. The Bertz CT molecular complexity index is 683. The van der Waals surface area contributed by atoms with Gasteiger partial charge in [-0.3, -0.25) is 4.79 Å². The van der Waals surface area contributed by atoms with Crippen LogP contribution >= 0.6 is 11.3 Å². The zero-order valence-electron chi connectivity index (χ0n) is 13.4. The second kappa shape index (κ2) is 7.49. The van der Waals surface area contributed by atoms with Crippen LogP contribution in [0.2, 0.25) is 0 Å². The van der Waals surface area contributed by atoms with Gasteiger partial charge in [0.15, 0.2) is 0 Å². The van der Waals surface area contributed by atoms with E-state index in [1.165, 1.54) is 10.4 Å². The van der Waals surface area contributed by atoms with Crippen molar-refractivity contribution in [2.24, 2.45) is 5.92 Å². The molecule has 0 radical (unpaired) electrons. The molecule has 0 spiro atoms. The van der Waals surface area contributed by atoms with Gasteiger partial charge in [-0.25, -0.2) is 8.42 Å². The standard InChI is InChI=1S/C15H23N3O4S2/c19-12-10-16-8-11(12)9-17-15(20)14-13(4-7-23-14)24(21,22)18-5-2-1-3-6-18/h4,7,11-12,16,19H,1-3,5-6,8-10H2,(H,17,20). The third-order valence-corrected chi connectivity index (χ3v) is 7.58. The minimum absolute atomic E-state index is 0.0453. The summed E-state index contributed by atoms with van der Waals surface area (Å²) in [4.78, 5) is 12.8. The van der Waals surface area contributed by atoms with Crippen molar-refractivity contribution in [3.8, 4) is 0 Å². The molecule has 3 N–H and O–H groups in total. The highest BCUT2D eigenvalue weighted by molar-refractivity contribution is 7.89. The zero-order chi connectivity index (χ0) is 17.2. The Morgan fingerprint density at radius 3 is 2.75 bits per heavy atom. The number of nitrogens with zero attached hydrogens (tertiary/aromatic N) is 1. The summed E-state index contributed by atoms with van der Waals surface area (Å²) in [5.74, 6) is -0.434. The molecule has 1 amide bonds. The number of β-amino-alcohol motifs (C(OH)–C–C–N with tert-alkyl or cyclic N) is 1. The summed E-state index contributed by atoms with van der Waals surface area (Å²) in [6, 6.07) is 1.51. The molecule has 1 aromatic heterocycles. The molecule has 0 aromatic carbocycles. The Labute approximate surface area is 146 Å². The average Bonchev–Trinajstić information content (AvgIpc) is 3.23. The first-order chi connectivity index (χ1) is 11.5. The summed E-state index contributed by atoms with van der Waals surface area (Å²) in [6.45, 7) is 2.52. The van der Waals surface area contributed by atoms with Crippen molar-refractivity contribution < 1.29 is 18.3 Å². The normalized spacial score (nSPS) is 25.7. The SMILES string of the molecule is O=C(NCC1CNCC1O)c1sccc1S(=O)(=O)N1CCCCC1. The van der Waals surface area contributed by atoms with E-state index in [1.807, 2.05) is 0 Å². The number of carbonyl (C=O) groups excluding carboxylic acids is 1. The number of hydrogen-bond acceptors (Lipinski definition) is 6. The van der Waals surface area contributed by atoms with Crippen molar-refractivity contribution in [3.05, 3.63) is 16.3 Å². The molecule has 134 valence electrons. The van der Waals surface area contributed by atoms with E-state index in [1.54, 1.807) is 5.38 Å². The Hall–Kier alpha value is -1.00. The number of nitrogens with one attached hydrogen (secondary N) is 2. The fourth-order valence-electron chi connectivity index (χ4n) is 3.14. The third-order valence-electron chi connectivity index (χ3n) is 4.60. The molecule has 3 heterocycles. The summed E-state index contributed by atoms with van der Waals surface area (Å²) < 4.78 is 27.0. The van der Waals surface area contributed by atoms with Crippen LogP contribution in [0.15, 0.2) is 16.3 Å². The van der Waals surface area contributed by atoms with Crippen LogP contribution in [0.3, 0.4) is 0 Å². The molecule has 2 fully saturated rings. The smallest absolute Gasteiger partial charge is 0.262 e. The molecule has 7 nitrogen and oxygen atoms in total. The van der Waals surface area contributed by atoms with Crippen molar-refractivity contribution >= 4 is 27.3 Å². The molecule has 0 bridgehead atoms. The monoisotopic (exact) mass is 373 g/mol. The quantitative estimate of drug-likeness (QED) is 0.686. The summed E-state index contributed by atoms with van der Waals surface area (Å²) in [5.41, 5.74) is 0. The lowest BCUT2D eigenvalue weighted by atomic mass is 10.1. The van der Waals surface area contributed by atoms with Crippen LogP contribution in [0.5, 0.6) is 0 Å². The molecule has 2 aliphatic heterocycles. The maximum absolute atomic E-state index is 12.8. The predicted octanol–water partition coefficient (Wildman–Crippen LogP) is 0.233. The first kappa shape index (κ1) is 17.8. The molecule has 2 aliphatic rings. The van der Waals surface area contributed by atoms with Crippen molar-refractivity contribution in [1.82, 2.24) is 14.9 Å². The highest BCUT2D eigenvalue weighted by Gasteiger charge is 2.31. The number of hydrogen-bond donors (Lipinski definition) is 3. The van der Waals surface area contributed by atoms with Gasteiger partial charge >= 0.3 is 0 Å². The lowest BCUT2D eigenvalue weighted by Gasteiger charge is -2.25. The van der Waals surface area contributed by atoms with Crippen LogP contribution in [0.4, 0.5) is 0 Å². The van der Waals surface area contributed by atoms with Gasteiger partial charge in [0.1, 0.15) is 9.77 Å². The first-order valence-corrected chi connectivity index (χ1v) is 10.6. The highest BCUT2D eigenvalue weighted by Crippen LogP contribution is 2.27. The van der Waals surface area contributed by atoms with E-state index >= 15 is 0 Å². The van der Waals surface area contributed by atoms with Crippen LogP contribution in [-0.2, 0) is 10.0 Å². The molecule has 3 rings (SSSR count). The van der Waals surface area contributed by atoms with E-state index in [-0.39, 0.29) is 21.6 Å². The van der Waals surface area contributed by atoms with Gasteiger partial charge in [0.25, 0.3) is 5.91 Å². The Kier molecular flexibility index (Phi) is 5.56. The van der Waals surface area contributed by atoms with Gasteiger partial charge in [-0.15, -0.1) is 11.3 Å². The highest BCUT2D eigenvalue weighted by atomic mass is 32.2.